The molecule has 2 atom stereocenters. The standard InChI is InChI=1S/C10H21BrO/c1-5-9(12-4)7-10(3,6-2)8-11/h9H,5-8H2,1-4H3. The van der Waals surface area contributed by atoms with Crippen molar-refractivity contribution < 1.29 is 4.74 Å². The van der Waals surface area contributed by atoms with Gasteiger partial charge in [0, 0.05) is 12.4 Å². The Balaban J connectivity index is 3.99. The van der Waals surface area contributed by atoms with E-state index < -0.39 is 0 Å². The lowest BCUT2D eigenvalue weighted by molar-refractivity contribution is 0.0594. The average Bonchev–Trinajstić information content (AvgIpc) is 2.14. The highest BCUT2D eigenvalue weighted by Crippen LogP contribution is 2.31. The molecule has 1 nitrogen and oxygen atoms in total. The van der Waals surface area contributed by atoms with E-state index in [0.29, 0.717) is 11.5 Å². The van der Waals surface area contributed by atoms with E-state index in [0.717, 1.165) is 18.2 Å². The zero-order valence-electron chi connectivity index (χ0n) is 8.69. The second-order valence-corrected chi connectivity index (χ2v) is 4.33. The third-order valence-electron chi connectivity index (χ3n) is 2.69. The SMILES string of the molecule is CCC(CC(C)(CC)CBr)OC. The van der Waals surface area contributed by atoms with Crippen molar-refractivity contribution >= 4 is 15.9 Å². The lowest BCUT2D eigenvalue weighted by Crippen LogP contribution is -2.25. The van der Waals surface area contributed by atoms with Gasteiger partial charge >= 0.3 is 0 Å². The summed E-state index contributed by atoms with van der Waals surface area (Å²) in [6, 6.07) is 0. The Morgan fingerprint density at radius 1 is 1.42 bits per heavy atom. The molecular formula is C10H21BrO. The number of hydrogen-bond donors (Lipinski definition) is 0. The minimum atomic E-state index is 0.399. The van der Waals surface area contributed by atoms with E-state index in [9.17, 15) is 0 Å². The molecule has 0 radical (unpaired) electrons. The zero-order chi connectivity index (χ0) is 9.61. The second kappa shape index (κ2) is 5.98. The van der Waals surface area contributed by atoms with Crippen LogP contribution >= 0.6 is 15.9 Å². The summed E-state index contributed by atoms with van der Waals surface area (Å²) in [4.78, 5) is 0. The van der Waals surface area contributed by atoms with Crippen molar-refractivity contribution in [3.8, 4) is 0 Å². The third-order valence-corrected chi connectivity index (χ3v) is 4.04. The normalized spacial score (nSPS) is 18.8. The van der Waals surface area contributed by atoms with Crippen molar-refractivity contribution in [3.05, 3.63) is 0 Å². The quantitative estimate of drug-likeness (QED) is 0.641. The summed E-state index contributed by atoms with van der Waals surface area (Å²) in [5, 5.41) is 1.07. The van der Waals surface area contributed by atoms with E-state index in [2.05, 4.69) is 36.7 Å². The monoisotopic (exact) mass is 236 g/mol. The summed E-state index contributed by atoms with van der Waals surface area (Å²) in [5.74, 6) is 0. The van der Waals surface area contributed by atoms with E-state index in [4.69, 9.17) is 4.74 Å². The molecule has 0 amide bonds. The van der Waals surface area contributed by atoms with E-state index in [1.807, 2.05) is 0 Å². The number of ether oxygens (including phenoxy) is 1. The first-order valence-corrected chi connectivity index (χ1v) is 5.82. The van der Waals surface area contributed by atoms with Crippen LogP contribution in [0, 0.1) is 5.41 Å². The van der Waals surface area contributed by atoms with E-state index >= 15 is 0 Å². The molecule has 0 rings (SSSR count). The van der Waals surface area contributed by atoms with Gasteiger partial charge in [0.25, 0.3) is 0 Å². The first-order chi connectivity index (χ1) is 5.61. The molecule has 0 aromatic rings. The largest absolute Gasteiger partial charge is 0.381 e. The summed E-state index contributed by atoms with van der Waals surface area (Å²) < 4.78 is 5.38. The maximum Gasteiger partial charge on any atom is 0.0574 e. The van der Waals surface area contributed by atoms with Crippen LogP contribution in [-0.4, -0.2) is 18.5 Å². The highest BCUT2D eigenvalue weighted by molar-refractivity contribution is 9.09. The number of methoxy groups -OCH3 is 1. The van der Waals surface area contributed by atoms with Crippen molar-refractivity contribution in [2.45, 2.75) is 46.1 Å². The Bertz CT molecular complexity index is 106. The number of rotatable bonds is 6. The summed E-state index contributed by atoms with van der Waals surface area (Å²) >= 11 is 3.56. The molecule has 0 spiro atoms. The molecule has 0 saturated carbocycles. The lowest BCUT2D eigenvalue weighted by Gasteiger charge is -2.29. The molecule has 0 aliphatic rings. The Labute approximate surface area is 85.0 Å². The predicted octanol–water partition coefficient (Wildman–Crippen LogP) is 3.61. The van der Waals surface area contributed by atoms with Crippen LogP contribution in [0.1, 0.15) is 40.0 Å². The van der Waals surface area contributed by atoms with Gasteiger partial charge in [-0.25, -0.2) is 0 Å². The molecule has 0 bridgehead atoms. The van der Waals surface area contributed by atoms with Crippen molar-refractivity contribution in [1.82, 2.24) is 0 Å². The second-order valence-electron chi connectivity index (χ2n) is 3.77. The van der Waals surface area contributed by atoms with Crippen molar-refractivity contribution in [2.24, 2.45) is 5.41 Å². The smallest absolute Gasteiger partial charge is 0.0574 e. The van der Waals surface area contributed by atoms with Gasteiger partial charge in [-0.15, -0.1) is 0 Å². The minimum Gasteiger partial charge on any atom is -0.381 e. The van der Waals surface area contributed by atoms with Crippen LogP contribution in [0.4, 0.5) is 0 Å². The molecule has 74 valence electrons. The van der Waals surface area contributed by atoms with Crippen molar-refractivity contribution in [2.75, 3.05) is 12.4 Å². The molecule has 0 aliphatic heterocycles. The third kappa shape index (κ3) is 3.90. The van der Waals surface area contributed by atoms with Crippen LogP contribution in [0.2, 0.25) is 0 Å². The zero-order valence-corrected chi connectivity index (χ0v) is 10.3. The molecule has 0 fully saturated rings. The Morgan fingerprint density at radius 2 is 2.00 bits per heavy atom. The average molecular weight is 237 g/mol. The molecule has 2 heteroatoms. The molecule has 0 aromatic carbocycles. The van der Waals surface area contributed by atoms with E-state index in [1.54, 1.807) is 7.11 Å². The Morgan fingerprint density at radius 3 is 2.25 bits per heavy atom. The van der Waals surface area contributed by atoms with E-state index in [1.165, 1.54) is 6.42 Å². The maximum atomic E-state index is 5.38. The van der Waals surface area contributed by atoms with Gasteiger partial charge in [0.15, 0.2) is 0 Å². The van der Waals surface area contributed by atoms with Gasteiger partial charge in [-0.3, -0.25) is 0 Å². The molecule has 0 saturated heterocycles. The van der Waals surface area contributed by atoms with E-state index in [-0.39, 0.29) is 0 Å². The highest BCUT2D eigenvalue weighted by atomic mass is 79.9. The van der Waals surface area contributed by atoms with Crippen LogP contribution in [0.3, 0.4) is 0 Å². The van der Waals surface area contributed by atoms with Gasteiger partial charge in [-0.2, -0.15) is 0 Å². The first-order valence-electron chi connectivity index (χ1n) is 4.70. The fourth-order valence-electron chi connectivity index (χ4n) is 1.24. The fourth-order valence-corrected chi connectivity index (χ4v) is 1.86. The highest BCUT2D eigenvalue weighted by Gasteiger charge is 2.24. The maximum absolute atomic E-state index is 5.38. The van der Waals surface area contributed by atoms with Crippen LogP contribution in [0.5, 0.6) is 0 Å². The van der Waals surface area contributed by atoms with Gasteiger partial charge in [-0.05, 0) is 24.7 Å². The minimum absolute atomic E-state index is 0.399. The van der Waals surface area contributed by atoms with Gasteiger partial charge < -0.3 is 4.74 Å². The van der Waals surface area contributed by atoms with Gasteiger partial charge in [0.1, 0.15) is 0 Å². The summed E-state index contributed by atoms with van der Waals surface area (Å²) in [6.45, 7) is 6.73. The predicted molar refractivity (Wildman–Crippen MR) is 57.9 cm³/mol. The fraction of sp³-hybridized carbons (Fsp3) is 1.00. The molecule has 0 heterocycles. The Hall–Kier alpha value is 0.440. The van der Waals surface area contributed by atoms with Gasteiger partial charge in [-0.1, -0.05) is 36.7 Å². The lowest BCUT2D eigenvalue weighted by atomic mass is 9.83. The van der Waals surface area contributed by atoms with Crippen LogP contribution in [0.25, 0.3) is 0 Å². The van der Waals surface area contributed by atoms with Crippen molar-refractivity contribution in [3.63, 3.8) is 0 Å². The Kier molecular flexibility index (Phi) is 6.20. The molecule has 0 aromatic heterocycles. The number of halogens is 1. The summed E-state index contributed by atoms with van der Waals surface area (Å²) in [6.07, 6.45) is 3.89. The summed E-state index contributed by atoms with van der Waals surface area (Å²) in [5.41, 5.74) is 0.399. The topological polar surface area (TPSA) is 9.23 Å². The molecule has 0 N–H and O–H groups in total. The van der Waals surface area contributed by atoms with Gasteiger partial charge in [0.05, 0.1) is 6.10 Å². The van der Waals surface area contributed by atoms with Crippen LogP contribution < -0.4 is 0 Å². The number of hydrogen-bond acceptors (Lipinski definition) is 1. The van der Waals surface area contributed by atoms with Gasteiger partial charge in [0.2, 0.25) is 0 Å². The number of alkyl halides is 1. The molecule has 0 aliphatic carbocycles. The van der Waals surface area contributed by atoms with Crippen LogP contribution in [-0.2, 0) is 4.74 Å². The van der Waals surface area contributed by atoms with Crippen molar-refractivity contribution in [1.29, 1.82) is 0 Å². The van der Waals surface area contributed by atoms with Crippen LogP contribution in [0.15, 0.2) is 0 Å². The first kappa shape index (κ1) is 12.4. The molecule has 2 unspecified atom stereocenters. The summed E-state index contributed by atoms with van der Waals surface area (Å²) in [7, 11) is 1.80. The molecular weight excluding hydrogens is 216 g/mol. The molecule has 12 heavy (non-hydrogen) atoms.